The van der Waals surface area contributed by atoms with Crippen LogP contribution < -0.4 is 5.11 Å². The molecule has 1 aliphatic carbocycles. The molecule has 2 unspecified atom stereocenters. The summed E-state index contributed by atoms with van der Waals surface area (Å²) in [5, 5.41) is 20.4. The van der Waals surface area contributed by atoms with Gasteiger partial charge in [0.15, 0.2) is 0 Å². The summed E-state index contributed by atoms with van der Waals surface area (Å²) in [7, 11) is 0. The third-order valence-corrected chi connectivity index (χ3v) is 3.88. The summed E-state index contributed by atoms with van der Waals surface area (Å²) in [4.78, 5) is 10.6. The number of hydrogen-bond donors (Lipinski definition) is 1. The number of aliphatic carboxylic acids is 1. The van der Waals surface area contributed by atoms with Crippen LogP contribution in [-0.2, 0) is 14.3 Å². The van der Waals surface area contributed by atoms with E-state index in [0.717, 1.165) is 0 Å². The average Bonchev–Trinajstić information content (AvgIpc) is 2.38. The van der Waals surface area contributed by atoms with Crippen LogP contribution >= 0.6 is 0 Å². The van der Waals surface area contributed by atoms with Gasteiger partial charge in [-0.05, 0) is 18.8 Å². The number of carboxylic acid groups (broad SMARTS) is 1. The van der Waals surface area contributed by atoms with Crippen molar-refractivity contribution in [3.63, 3.8) is 0 Å². The van der Waals surface area contributed by atoms with E-state index in [4.69, 9.17) is 9.47 Å². The average molecular weight is 257 g/mol. The molecule has 2 fully saturated rings. The van der Waals surface area contributed by atoms with Gasteiger partial charge in [-0.3, -0.25) is 0 Å². The molecule has 2 aliphatic rings. The fourth-order valence-corrected chi connectivity index (χ4v) is 2.70. The standard InChI is InChI=1S/C13H22O5/c14-10-6-11(13(15)16)18-8-12(10)17-7-9-4-2-1-3-5-9/h9-12,14H,1-8H2,(H,15,16)/p-1/t10-,11?,12?/m0/s1. The Hall–Kier alpha value is -0.650. The zero-order valence-electron chi connectivity index (χ0n) is 10.5. The molecule has 1 aliphatic heterocycles. The van der Waals surface area contributed by atoms with Gasteiger partial charge in [0.25, 0.3) is 0 Å². The highest BCUT2D eigenvalue weighted by molar-refractivity contribution is 5.70. The Labute approximate surface area is 107 Å². The Morgan fingerprint density at radius 1 is 1.33 bits per heavy atom. The molecule has 2 rings (SSSR count). The minimum Gasteiger partial charge on any atom is -0.547 e. The van der Waals surface area contributed by atoms with E-state index in [1.54, 1.807) is 0 Å². The fraction of sp³-hybridized carbons (Fsp3) is 0.923. The number of carbonyl (C=O) groups is 1. The fourth-order valence-electron chi connectivity index (χ4n) is 2.70. The zero-order valence-corrected chi connectivity index (χ0v) is 10.5. The zero-order chi connectivity index (χ0) is 13.0. The number of aliphatic hydroxyl groups excluding tert-OH is 1. The highest BCUT2D eigenvalue weighted by Crippen LogP contribution is 2.25. The van der Waals surface area contributed by atoms with Crippen molar-refractivity contribution in [3.05, 3.63) is 0 Å². The molecular formula is C13H21O5-. The topological polar surface area (TPSA) is 78.8 Å². The van der Waals surface area contributed by atoms with Gasteiger partial charge in [0, 0.05) is 6.42 Å². The molecule has 0 spiro atoms. The Morgan fingerprint density at radius 3 is 2.67 bits per heavy atom. The second-order valence-electron chi connectivity index (χ2n) is 5.32. The molecule has 104 valence electrons. The van der Waals surface area contributed by atoms with Crippen LogP contribution in [0.1, 0.15) is 38.5 Å². The summed E-state index contributed by atoms with van der Waals surface area (Å²) in [5.74, 6) is -0.690. The number of rotatable bonds is 4. The summed E-state index contributed by atoms with van der Waals surface area (Å²) >= 11 is 0. The Bertz CT molecular complexity index is 275. The van der Waals surface area contributed by atoms with Crippen molar-refractivity contribution in [2.24, 2.45) is 5.92 Å². The van der Waals surface area contributed by atoms with E-state index >= 15 is 0 Å². The van der Waals surface area contributed by atoms with Gasteiger partial charge in [0.05, 0.1) is 31.4 Å². The molecule has 5 nitrogen and oxygen atoms in total. The van der Waals surface area contributed by atoms with Gasteiger partial charge >= 0.3 is 0 Å². The van der Waals surface area contributed by atoms with E-state index < -0.39 is 24.3 Å². The third kappa shape index (κ3) is 3.67. The maximum Gasteiger partial charge on any atom is 0.107 e. The summed E-state index contributed by atoms with van der Waals surface area (Å²) in [6, 6.07) is 0. The molecule has 1 saturated carbocycles. The van der Waals surface area contributed by atoms with E-state index in [-0.39, 0.29) is 13.0 Å². The molecule has 0 radical (unpaired) electrons. The van der Waals surface area contributed by atoms with Crippen molar-refractivity contribution in [2.45, 2.75) is 56.8 Å². The number of ether oxygens (including phenoxy) is 2. The molecule has 1 N–H and O–H groups in total. The number of carboxylic acids is 1. The molecular weight excluding hydrogens is 236 g/mol. The minimum atomic E-state index is -1.26. The highest BCUT2D eigenvalue weighted by Gasteiger charge is 2.31. The smallest absolute Gasteiger partial charge is 0.107 e. The highest BCUT2D eigenvalue weighted by atomic mass is 16.6. The second-order valence-corrected chi connectivity index (χ2v) is 5.32. The first-order chi connectivity index (χ1) is 8.66. The summed E-state index contributed by atoms with van der Waals surface area (Å²) in [5.41, 5.74) is 0. The lowest BCUT2D eigenvalue weighted by Gasteiger charge is -2.34. The van der Waals surface area contributed by atoms with Crippen LogP contribution in [0.3, 0.4) is 0 Å². The van der Waals surface area contributed by atoms with Crippen molar-refractivity contribution in [1.29, 1.82) is 0 Å². The van der Waals surface area contributed by atoms with E-state index in [1.165, 1.54) is 32.1 Å². The molecule has 3 atom stereocenters. The van der Waals surface area contributed by atoms with Crippen molar-refractivity contribution >= 4 is 5.97 Å². The van der Waals surface area contributed by atoms with Crippen molar-refractivity contribution < 1.29 is 24.5 Å². The summed E-state index contributed by atoms with van der Waals surface area (Å²) in [6.07, 6.45) is 4.06. The first-order valence-corrected chi connectivity index (χ1v) is 6.79. The van der Waals surface area contributed by atoms with E-state index in [9.17, 15) is 15.0 Å². The van der Waals surface area contributed by atoms with Crippen LogP contribution in [0, 0.1) is 5.92 Å². The first kappa shape index (κ1) is 13.8. The molecule has 0 bridgehead atoms. The predicted octanol–water partition coefficient (Wildman–Crippen LogP) is -0.148. The largest absolute Gasteiger partial charge is 0.547 e. The maximum atomic E-state index is 10.6. The minimum absolute atomic E-state index is 0.0532. The van der Waals surface area contributed by atoms with E-state index in [2.05, 4.69) is 0 Å². The molecule has 0 aromatic carbocycles. The van der Waals surface area contributed by atoms with Crippen molar-refractivity contribution in [1.82, 2.24) is 0 Å². The number of carbonyl (C=O) groups excluding carboxylic acids is 1. The Morgan fingerprint density at radius 2 is 2.06 bits per heavy atom. The first-order valence-electron chi connectivity index (χ1n) is 6.79. The van der Waals surface area contributed by atoms with Gasteiger partial charge in [-0.1, -0.05) is 19.3 Å². The quantitative estimate of drug-likeness (QED) is 0.758. The maximum absolute atomic E-state index is 10.6. The molecule has 0 aromatic rings. The van der Waals surface area contributed by atoms with Gasteiger partial charge in [-0.25, -0.2) is 0 Å². The van der Waals surface area contributed by atoms with Gasteiger partial charge in [0.2, 0.25) is 0 Å². The lowest BCUT2D eigenvalue weighted by molar-refractivity contribution is -0.321. The number of hydrogen-bond acceptors (Lipinski definition) is 5. The molecule has 1 heterocycles. The van der Waals surface area contributed by atoms with Crippen molar-refractivity contribution in [3.8, 4) is 0 Å². The van der Waals surface area contributed by atoms with Gasteiger partial charge in [-0.2, -0.15) is 0 Å². The third-order valence-electron chi connectivity index (χ3n) is 3.88. The van der Waals surface area contributed by atoms with Gasteiger partial charge in [-0.15, -0.1) is 0 Å². The van der Waals surface area contributed by atoms with Crippen LogP contribution in [0.4, 0.5) is 0 Å². The van der Waals surface area contributed by atoms with Crippen LogP contribution in [0.15, 0.2) is 0 Å². The van der Waals surface area contributed by atoms with Crippen LogP contribution in [0.5, 0.6) is 0 Å². The molecule has 0 aromatic heterocycles. The lowest BCUT2D eigenvalue weighted by Crippen LogP contribution is -2.49. The number of aliphatic hydroxyl groups is 1. The van der Waals surface area contributed by atoms with E-state index in [1.807, 2.05) is 0 Å². The van der Waals surface area contributed by atoms with Crippen LogP contribution in [0.2, 0.25) is 0 Å². The molecule has 5 heteroatoms. The SMILES string of the molecule is O=C([O-])C1C[C@H](O)C(OCC2CCCCC2)CO1. The molecule has 18 heavy (non-hydrogen) atoms. The normalized spacial score (nSPS) is 34.4. The lowest BCUT2D eigenvalue weighted by atomic mass is 9.90. The van der Waals surface area contributed by atoms with Crippen molar-refractivity contribution in [2.75, 3.05) is 13.2 Å². The predicted molar refractivity (Wildman–Crippen MR) is 61.7 cm³/mol. The van der Waals surface area contributed by atoms with Gasteiger partial charge < -0.3 is 24.5 Å². The molecule has 1 saturated heterocycles. The van der Waals surface area contributed by atoms with Gasteiger partial charge in [0.1, 0.15) is 6.10 Å². The molecule has 0 amide bonds. The van der Waals surface area contributed by atoms with Crippen LogP contribution in [0.25, 0.3) is 0 Å². The Kier molecular flexibility index (Phi) is 4.97. The summed E-state index contributed by atoms with van der Waals surface area (Å²) in [6.45, 7) is 0.771. The van der Waals surface area contributed by atoms with Crippen LogP contribution in [-0.4, -0.2) is 42.6 Å². The second kappa shape index (κ2) is 6.50. The summed E-state index contributed by atoms with van der Waals surface area (Å²) < 4.78 is 10.8. The Balaban J connectivity index is 1.71. The monoisotopic (exact) mass is 257 g/mol. The van der Waals surface area contributed by atoms with E-state index in [0.29, 0.717) is 12.5 Å².